The fourth-order valence-electron chi connectivity index (χ4n) is 1.73. The average molecular weight is 356 g/mol. The van der Waals surface area contributed by atoms with Gasteiger partial charge in [0.2, 0.25) is 0 Å². The van der Waals surface area contributed by atoms with Crippen molar-refractivity contribution >= 4 is 21.6 Å². The zero-order valence-corrected chi connectivity index (χ0v) is 11.9. The summed E-state index contributed by atoms with van der Waals surface area (Å²) in [5.41, 5.74) is -0.596. The van der Waals surface area contributed by atoms with E-state index in [0.717, 1.165) is 19.0 Å². The van der Waals surface area contributed by atoms with Gasteiger partial charge in [0.05, 0.1) is 18.0 Å². The van der Waals surface area contributed by atoms with Gasteiger partial charge in [-0.15, -0.1) is 0 Å². The summed E-state index contributed by atoms with van der Waals surface area (Å²) < 4.78 is 37.0. The molecule has 9 heteroatoms. The maximum Gasteiger partial charge on any atom is 0.408 e. The van der Waals surface area contributed by atoms with Gasteiger partial charge in [-0.25, -0.2) is 4.68 Å². The summed E-state index contributed by atoms with van der Waals surface area (Å²) >= 11 is 2.96. The van der Waals surface area contributed by atoms with Gasteiger partial charge in [-0.3, -0.25) is 4.79 Å². The van der Waals surface area contributed by atoms with E-state index in [2.05, 4.69) is 26.3 Å². The van der Waals surface area contributed by atoms with Crippen LogP contribution in [0.15, 0.2) is 15.5 Å². The van der Waals surface area contributed by atoms with Gasteiger partial charge in [0.1, 0.15) is 11.0 Å². The Hall–Kier alpha value is -1.09. The van der Waals surface area contributed by atoms with Crippen molar-refractivity contribution in [1.29, 1.82) is 0 Å². The fraction of sp³-hybridized carbons (Fsp3) is 0.636. The molecule has 112 valence electrons. The van der Waals surface area contributed by atoms with Gasteiger partial charge in [0.25, 0.3) is 5.56 Å². The first-order valence-electron chi connectivity index (χ1n) is 6.02. The predicted octanol–water partition coefficient (Wildman–Crippen LogP) is 1.75. The first kappa shape index (κ1) is 15.3. The van der Waals surface area contributed by atoms with E-state index in [4.69, 9.17) is 0 Å². The molecule has 2 rings (SSSR count). The number of rotatable bonds is 5. The Bertz CT molecular complexity index is 543. The molecule has 1 aliphatic carbocycles. The van der Waals surface area contributed by atoms with Gasteiger partial charge in [0, 0.05) is 6.54 Å². The lowest BCUT2D eigenvalue weighted by Gasteiger charge is -2.14. The van der Waals surface area contributed by atoms with Crippen molar-refractivity contribution in [3.05, 3.63) is 21.0 Å². The van der Waals surface area contributed by atoms with Crippen molar-refractivity contribution in [1.82, 2.24) is 9.78 Å². The fourth-order valence-corrected chi connectivity index (χ4v) is 2.18. The Morgan fingerprint density at radius 1 is 1.55 bits per heavy atom. The summed E-state index contributed by atoms with van der Waals surface area (Å²) in [7, 11) is 0. The van der Waals surface area contributed by atoms with Crippen LogP contribution in [0.25, 0.3) is 0 Å². The van der Waals surface area contributed by atoms with E-state index in [1.54, 1.807) is 0 Å². The van der Waals surface area contributed by atoms with E-state index < -0.39 is 24.4 Å². The Labute approximate surface area is 120 Å². The molecule has 5 nitrogen and oxygen atoms in total. The molecule has 1 aliphatic rings. The molecule has 1 aromatic heterocycles. The SMILES string of the molecule is O=c1c(Br)c(NCC(O)C2CC2)cnn1CC(F)(F)F. The van der Waals surface area contributed by atoms with Gasteiger partial charge in [-0.05, 0) is 34.7 Å². The molecule has 0 spiro atoms. The first-order valence-corrected chi connectivity index (χ1v) is 6.81. The largest absolute Gasteiger partial charge is 0.408 e. The number of aromatic nitrogens is 2. The summed E-state index contributed by atoms with van der Waals surface area (Å²) in [6.45, 7) is -1.21. The molecule has 1 unspecified atom stereocenters. The zero-order valence-electron chi connectivity index (χ0n) is 10.3. The highest BCUT2D eigenvalue weighted by Crippen LogP contribution is 2.32. The number of nitrogens with one attached hydrogen (secondary N) is 1. The number of aliphatic hydroxyl groups is 1. The van der Waals surface area contributed by atoms with E-state index >= 15 is 0 Å². The van der Waals surface area contributed by atoms with Gasteiger partial charge >= 0.3 is 6.18 Å². The third-order valence-corrected chi connectivity index (χ3v) is 3.75. The maximum atomic E-state index is 12.2. The third-order valence-electron chi connectivity index (χ3n) is 2.98. The topological polar surface area (TPSA) is 67.2 Å². The van der Waals surface area contributed by atoms with Crippen LogP contribution >= 0.6 is 15.9 Å². The highest BCUT2D eigenvalue weighted by Gasteiger charge is 2.31. The van der Waals surface area contributed by atoms with Crippen molar-refractivity contribution in [3.8, 4) is 0 Å². The third kappa shape index (κ3) is 3.95. The van der Waals surface area contributed by atoms with Crippen molar-refractivity contribution in [2.45, 2.75) is 31.7 Å². The lowest BCUT2D eigenvalue weighted by molar-refractivity contribution is -0.143. The number of hydrogen-bond donors (Lipinski definition) is 2. The monoisotopic (exact) mass is 355 g/mol. The molecule has 1 atom stereocenters. The molecule has 1 saturated carbocycles. The molecule has 0 radical (unpaired) electrons. The van der Waals surface area contributed by atoms with Crippen LogP contribution < -0.4 is 10.9 Å². The highest BCUT2D eigenvalue weighted by molar-refractivity contribution is 9.10. The Balaban J connectivity index is 2.07. The van der Waals surface area contributed by atoms with Crippen LogP contribution in [0, 0.1) is 5.92 Å². The van der Waals surface area contributed by atoms with Crippen LogP contribution in [-0.2, 0) is 6.54 Å². The van der Waals surface area contributed by atoms with Crippen molar-refractivity contribution in [2.24, 2.45) is 5.92 Å². The smallest absolute Gasteiger partial charge is 0.391 e. The molecule has 1 heterocycles. The van der Waals surface area contributed by atoms with Gasteiger partial charge in [-0.1, -0.05) is 0 Å². The zero-order chi connectivity index (χ0) is 14.9. The molecule has 1 fully saturated rings. The number of aliphatic hydroxyl groups excluding tert-OH is 1. The lowest BCUT2D eigenvalue weighted by Crippen LogP contribution is -2.31. The first-order chi connectivity index (χ1) is 9.28. The number of hydrogen-bond acceptors (Lipinski definition) is 4. The van der Waals surface area contributed by atoms with Gasteiger partial charge in [-0.2, -0.15) is 18.3 Å². The highest BCUT2D eigenvalue weighted by atomic mass is 79.9. The number of anilines is 1. The lowest BCUT2D eigenvalue weighted by atomic mass is 10.2. The van der Waals surface area contributed by atoms with Gasteiger partial charge < -0.3 is 10.4 Å². The molecule has 1 aromatic rings. The maximum absolute atomic E-state index is 12.2. The molecule has 0 aromatic carbocycles. The van der Waals surface area contributed by atoms with E-state index in [-0.39, 0.29) is 22.6 Å². The van der Waals surface area contributed by atoms with Crippen LogP contribution in [0.1, 0.15) is 12.8 Å². The minimum Gasteiger partial charge on any atom is -0.391 e. The van der Waals surface area contributed by atoms with Crippen molar-refractivity contribution in [3.63, 3.8) is 0 Å². The minimum absolute atomic E-state index is 0.0280. The summed E-state index contributed by atoms with van der Waals surface area (Å²) in [4.78, 5) is 11.7. The second-order valence-electron chi connectivity index (χ2n) is 4.74. The molecule has 0 saturated heterocycles. The van der Waals surface area contributed by atoms with Crippen LogP contribution in [0.2, 0.25) is 0 Å². The van der Waals surface area contributed by atoms with Crippen LogP contribution in [0.4, 0.5) is 18.9 Å². The van der Waals surface area contributed by atoms with E-state index in [1.807, 2.05) is 0 Å². The Morgan fingerprint density at radius 2 is 2.20 bits per heavy atom. The van der Waals surface area contributed by atoms with Crippen LogP contribution in [-0.4, -0.2) is 33.7 Å². The Kier molecular flexibility index (Phi) is 4.38. The summed E-state index contributed by atoms with van der Waals surface area (Å²) in [6, 6.07) is 0. The average Bonchev–Trinajstić information content (AvgIpc) is 3.16. The quantitative estimate of drug-likeness (QED) is 0.844. The second-order valence-corrected chi connectivity index (χ2v) is 5.53. The molecule has 0 amide bonds. The second kappa shape index (κ2) is 5.72. The minimum atomic E-state index is -4.51. The van der Waals surface area contributed by atoms with E-state index in [0.29, 0.717) is 4.68 Å². The van der Waals surface area contributed by atoms with E-state index in [1.165, 1.54) is 0 Å². The number of nitrogens with zero attached hydrogens (tertiary/aromatic N) is 2. The normalized spacial score (nSPS) is 17.1. The molecule has 0 aliphatic heterocycles. The van der Waals surface area contributed by atoms with Crippen molar-refractivity contribution < 1.29 is 18.3 Å². The Morgan fingerprint density at radius 3 is 2.75 bits per heavy atom. The summed E-state index contributed by atoms with van der Waals surface area (Å²) in [5, 5.41) is 16.0. The van der Waals surface area contributed by atoms with Gasteiger partial charge in [0.15, 0.2) is 0 Å². The van der Waals surface area contributed by atoms with Crippen molar-refractivity contribution in [2.75, 3.05) is 11.9 Å². The molecular formula is C11H13BrF3N3O2. The number of alkyl halides is 3. The molecule has 20 heavy (non-hydrogen) atoms. The molecular weight excluding hydrogens is 343 g/mol. The summed E-state index contributed by atoms with van der Waals surface area (Å²) in [6.07, 6.45) is -1.96. The molecule has 2 N–H and O–H groups in total. The summed E-state index contributed by atoms with van der Waals surface area (Å²) in [5.74, 6) is 0.264. The van der Waals surface area contributed by atoms with Crippen LogP contribution in [0.5, 0.6) is 0 Å². The molecule has 0 bridgehead atoms. The van der Waals surface area contributed by atoms with E-state index in [9.17, 15) is 23.1 Å². The standard InChI is InChI=1S/C11H13BrF3N3O2/c12-9-7(16-4-8(19)6-1-2-6)3-17-18(10(9)20)5-11(13,14)15/h3,6,8,16,19H,1-2,4-5H2. The predicted molar refractivity (Wildman–Crippen MR) is 69.5 cm³/mol. The van der Waals surface area contributed by atoms with Crippen LogP contribution in [0.3, 0.4) is 0 Å². The number of halogens is 4.